The van der Waals surface area contributed by atoms with Crippen molar-refractivity contribution in [2.75, 3.05) is 44.7 Å². The Balaban J connectivity index is 1.37. The van der Waals surface area contributed by atoms with E-state index in [1.165, 1.54) is 16.8 Å². The van der Waals surface area contributed by atoms with Crippen LogP contribution in [0.3, 0.4) is 0 Å². The topological polar surface area (TPSA) is 44.6 Å². The number of anilines is 1. The van der Waals surface area contributed by atoms with Gasteiger partial charge in [-0.25, -0.2) is 4.79 Å². The highest BCUT2D eigenvalue weighted by Gasteiger charge is 2.45. The molecular weight excluding hydrogens is 407 g/mol. The van der Waals surface area contributed by atoms with E-state index in [-0.39, 0.29) is 11.4 Å². The quantitative estimate of drug-likeness (QED) is 0.730. The number of aromatic nitrogens is 2. The van der Waals surface area contributed by atoms with E-state index in [2.05, 4.69) is 10.00 Å². The molecule has 1 aromatic heterocycles. The Labute approximate surface area is 180 Å². The second kappa shape index (κ2) is 8.18. The van der Waals surface area contributed by atoms with Crippen LogP contribution in [0.15, 0.2) is 36.7 Å². The number of carbonyl (C=O) groups is 1. The number of rotatable bonds is 4. The van der Waals surface area contributed by atoms with Crippen molar-refractivity contribution in [3.05, 3.63) is 47.8 Å². The van der Waals surface area contributed by atoms with E-state index < -0.39 is 11.7 Å². The largest absolute Gasteiger partial charge is 0.416 e. The Kier molecular flexibility index (Phi) is 5.72. The molecule has 1 spiro atoms. The van der Waals surface area contributed by atoms with Crippen LogP contribution in [0, 0.1) is 5.41 Å². The molecule has 9 heteroatoms. The third kappa shape index (κ3) is 4.56. The summed E-state index contributed by atoms with van der Waals surface area (Å²) < 4.78 is 40.4. The summed E-state index contributed by atoms with van der Waals surface area (Å²) in [6.45, 7) is 6.30. The Morgan fingerprint density at radius 3 is 2.74 bits per heavy atom. The lowest BCUT2D eigenvalue weighted by atomic mass is 9.86. The number of alkyl halides is 3. The highest BCUT2D eigenvalue weighted by molar-refractivity contribution is 5.77. The monoisotopic (exact) mass is 435 g/mol. The third-order valence-electron chi connectivity index (χ3n) is 6.57. The van der Waals surface area contributed by atoms with Gasteiger partial charge in [0.05, 0.1) is 23.6 Å². The zero-order valence-electron chi connectivity index (χ0n) is 17.9. The Morgan fingerprint density at radius 2 is 2.00 bits per heavy atom. The first kappa shape index (κ1) is 21.7. The van der Waals surface area contributed by atoms with Crippen molar-refractivity contribution in [3.63, 3.8) is 0 Å². The molecule has 0 radical (unpaired) electrons. The summed E-state index contributed by atoms with van der Waals surface area (Å²) in [5.41, 5.74) is 0.969. The number of nitrogens with zero attached hydrogens (tertiary/aromatic N) is 5. The van der Waals surface area contributed by atoms with E-state index in [9.17, 15) is 18.0 Å². The molecule has 1 amide bonds. The van der Waals surface area contributed by atoms with Crippen molar-refractivity contribution in [3.8, 4) is 0 Å². The van der Waals surface area contributed by atoms with Crippen LogP contribution in [0.1, 0.15) is 30.9 Å². The van der Waals surface area contributed by atoms with Gasteiger partial charge in [-0.2, -0.15) is 23.0 Å². The van der Waals surface area contributed by atoms with Crippen LogP contribution in [-0.4, -0.2) is 65.4 Å². The highest BCUT2D eigenvalue weighted by atomic mass is 19.4. The van der Waals surface area contributed by atoms with Crippen LogP contribution >= 0.6 is 0 Å². The van der Waals surface area contributed by atoms with Crippen LogP contribution in [0.25, 0.3) is 0 Å². The Morgan fingerprint density at radius 1 is 1.23 bits per heavy atom. The van der Waals surface area contributed by atoms with Crippen molar-refractivity contribution >= 4 is 11.7 Å². The SMILES string of the molecule is CCN(C)c1cnn(C(=O)N2CCC3(CCN(Cc4cccc(C(F)(F)F)c4)C3)C2)c1. The van der Waals surface area contributed by atoms with Gasteiger partial charge in [0.15, 0.2) is 0 Å². The second-order valence-corrected chi connectivity index (χ2v) is 8.77. The number of hydrogen-bond acceptors (Lipinski definition) is 4. The number of amides is 1. The predicted molar refractivity (Wildman–Crippen MR) is 112 cm³/mol. The molecule has 3 heterocycles. The van der Waals surface area contributed by atoms with E-state index in [4.69, 9.17) is 0 Å². The summed E-state index contributed by atoms with van der Waals surface area (Å²) in [6, 6.07) is 5.43. The molecule has 2 fully saturated rings. The van der Waals surface area contributed by atoms with Crippen LogP contribution < -0.4 is 4.90 Å². The smallest absolute Gasteiger partial charge is 0.372 e. The van der Waals surface area contributed by atoms with Crippen molar-refractivity contribution in [1.82, 2.24) is 19.6 Å². The van der Waals surface area contributed by atoms with E-state index >= 15 is 0 Å². The first-order chi connectivity index (χ1) is 14.7. The summed E-state index contributed by atoms with van der Waals surface area (Å²) >= 11 is 0. The van der Waals surface area contributed by atoms with Gasteiger partial charge < -0.3 is 9.80 Å². The fraction of sp³-hybridized carbons (Fsp3) is 0.545. The molecule has 2 aliphatic heterocycles. The van der Waals surface area contributed by atoms with Gasteiger partial charge in [0.2, 0.25) is 0 Å². The van der Waals surface area contributed by atoms with E-state index in [1.807, 2.05) is 23.8 Å². The molecule has 2 aromatic rings. The summed E-state index contributed by atoms with van der Waals surface area (Å²) in [6.07, 6.45) is 0.970. The molecule has 2 aliphatic rings. The molecule has 0 saturated carbocycles. The van der Waals surface area contributed by atoms with Crippen LogP contribution in [0.2, 0.25) is 0 Å². The number of likely N-dealkylation sites (tertiary alicyclic amines) is 2. The number of hydrogen-bond donors (Lipinski definition) is 0. The molecule has 168 valence electrons. The van der Waals surface area contributed by atoms with Crippen LogP contribution in [0.4, 0.5) is 23.7 Å². The van der Waals surface area contributed by atoms with Gasteiger partial charge in [-0.1, -0.05) is 18.2 Å². The first-order valence-electron chi connectivity index (χ1n) is 10.6. The van der Waals surface area contributed by atoms with Gasteiger partial charge in [0.1, 0.15) is 0 Å². The van der Waals surface area contributed by atoms with Crippen LogP contribution in [-0.2, 0) is 12.7 Å². The van der Waals surface area contributed by atoms with Gasteiger partial charge >= 0.3 is 12.2 Å². The standard InChI is InChI=1S/C22H28F3N5O/c1-3-27(2)19-12-26-30(14-19)20(31)29-10-8-21(16-29)7-9-28(15-21)13-17-5-4-6-18(11-17)22(23,24)25/h4-6,11-12,14H,3,7-10,13,15-16H2,1-2H3. The number of benzene rings is 1. The lowest BCUT2D eigenvalue weighted by Crippen LogP contribution is -2.36. The maximum absolute atomic E-state index is 13.0. The zero-order chi connectivity index (χ0) is 22.2. The molecule has 0 bridgehead atoms. The van der Waals surface area contributed by atoms with E-state index in [0.29, 0.717) is 25.2 Å². The minimum Gasteiger partial charge on any atom is -0.372 e. The third-order valence-corrected chi connectivity index (χ3v) is 6.57. The first-order valence-corrected chi connectivity index (χ1v) is 10.6. The lowest BCUT2D eigenvalue weighted by Gasteiger charge is -2.25. The Bertz CT molecular complexity index is 943. The highest BCUT2D eigenvalue weighted by Crippen LogP contribution is 2.40. The normalized spacial score (nSPS) is 21.9. The number of carbonyl (C=O) groups excluding carboxylic acids is 1. The second-order valence-electron chi connectivity index (χ2n) is 8.77. The minimum absolute atomic E-state index is 0.00743. The summed E-state index contributed by atoms with van der Waals surface area (Å²) in [7, 11) is 1.95. The molecule has 0 N–H and O–H groups in total. The fourth-order valence-electron chi connectivity index (χ4n) is 4.64. The minimum atomic E-state index is -4.33. The molecule has 1 unspecified atom stereocenters. The van der Waals surface area contributed by atoms with Gasteiger partial charge in [-0.15, -0.1) is 0 Å². The maximum atomic E-state index is 13.0. The fourth-order valence-corrected chi connectivity index (χ4v) is 4.64. The van der Waals surface area contributed by atoms with Gasteiger partial charge in [-0.3, -0.25) is 4.90 Å². The van der Waals surface area contributed by atoms with Gasteiger partial charge in [-0.05, 0) is 37.9 Å². The van der Waals surface area contributed by atoms with Crippen molar-refractivity contribution in [1.29, 1.82) is 0 Å². The zero-order valence-corrected chi connectivity index (χ0v) is 17.9. The van der Waals surface area contributed by atoms with Crippen molar-refractivity contribution in [2.45, 2.75) is 32.5 Å². The molecule has 31 heavy (non-hydrogen) atoms. The molecular formula is C22H28F3N5O. The predicted octanol–water partition coefficient (Wildman–Crippen LogP) is 3.92. The molecule has 0 aliphatic carbocycles. The molecule has 6 nitrogen and oxygen atoms in total. The van der Waals surface area contributed by atoms with Gasteiger partial charge in [0.25, 0.3) is 0 Å². The average molecular weight is 435 g/mol. The van der Waals surface area contributed by atoms with E-state index in [0.717, 1.165) is 44.2 Å². The molecule has 1 atom stereocenters. The molecule has 2 saturated heterocycles. The summed E-state index contributed by atoms with van der Waals surface area (Å²) in [4.78, 5) is 19.0. The number of halogens is 3. The van der Waals surface area contributed by atoms with Gasteiger partial charge in [0, 0.05) is 45.2 Å². The summed E-state index contributed by atoms with van der Waals surface area (Å²) in [5.74, 6) is 0. The van der Waals surface area contributed by atoms with Crippen molar-refractivity contribution < 1.29 is 18.0 Å². The molecule has 1 aromatic carbocycles. The maximum Gasteiger partial charge on any atom is 0.416 e. The van der Waals surface area contributed by atoms with Crippen molar-refractivity contribution in [2.24, 2.45) is 5.41 Å². The lowest BCUT2D eigenvalue weighted by molar-refractivity contribution is -0.137. The summed E-state index contributed by atoms with van der Waals surface area (Å²) in [5, 5.41) is 4.23. The molecule has 4 rings (SSSR count). The average Bonchev–Trinajstić information content (AvgIpc) is 3.47. The van der Waals surface area contributed by atoms with Crippen LogP contribution in [0.5, 0.6) is 0 Å². The Hall–Kier alpha value is -2.55. The van der Waals surface area contributed by atoms with E-state index in [1.54, 1.807) is 18.5 Å².